The SMILES string of the molecule is CCNC(=O)Cn1c(CCl)nc2c(C#N)cccc21. The van der Waals surface area contributed by atoms with Crippen molar-refractivity contribution in [1.29, 1.82) is 5.26 Å². The molecule has 2 rings (SSSR count). The third-order valence-corrected chi connectivity index (χ3v) is 3.01. The molecule has 98 valence electrons. The molecule has 1 aromatic heterocycles. The average Bonchev–Trinajstić information content (AvgIpc) is 2.77. The lowest BCUT2D eigenvalue weighted by Crippen LogP contribution is -2.27. The van der Waals surface area contributed by atoms with Crippen LogP contribution in [0.15, 0.2) is 18.2 Å². The molecule has 0 aliphatic heterocycles. The average molecular weight is 277 g/mol. The molecule has 1 N–H and O–H groups in total. The second-order valence-corrected chi connectivity index (χ2v) is 4.25. The van der Waals surface area contributed by atoms with Crippen molar-refractivity contribution in [3.63, 3.8) is 0 Å². The predicted octanol–water partition coefficient (Wildman–Crippen LogP) is 1.78. The molecule has 19 heavy (non-hydrogen) atoms. The molecule has 1 amide bonds. The zero-order valence-electron chi connectivity index (χ0n) is 10.5. The van der Waals surface area contributed by atoms with E-state index in [0.29, 0.717) is 23.4 Å². The number of nitrogens with zero attached hydrogens (tertiary/aromatic N) is 3. The van der Waals surface area contributed by atoms with Gasteiger partial charge in [0.05, 0.1) is 17.0 Å². The molecule has 0 aliphatic rings. The van der Waals surface area contributed by atoms with Gasteiger partial charge in [-0.3, -0.25) is 4.79 Å². The van der Waals surface area contributed by atoms with Crippen LogP contribution in [-0.2, 0) is 17.2 Å². The van der Waals surface area contributed by atoms with Gasteiger partial charge >= 0.3 is 0 Å². The van der Waals surface area contributed by atoms with Crippen LogP contribution in [0.3, 0.4) is 0 Å². The number of likely N-dealkylation sites (N-methyl/N-ethyl adjacent to an activating group) is 1. The Labute approximate surface area is 115 Å². The van der Waals surface area contributed by atoms with Crippen molar-refractivity contribution in [1.82, 2.24) is 14.9 Å². The van der Waals surface area contributed by atoms with Gasteiger partial charge in [-0.05, 0) is 19.1 Å². The Balaban J connectivity index is 2.53. The first-order valence-electron chi connectivity index (χ1n) is 5.92. The summed E-state index contributed by atoms with van der Waals surface area (Å²) in [5, 5.41) is 11.8. The normalized spacial score (nSPS) is 10.4. The summed E-state index contributed by atoms with van der Waals surface area (Å²) in [7, 11) is 0. The Kier molecular flexibility index (Phi) is 4.03. The highest BCUT2D eigenvalue weighted by Crippen LogP contribution is 2.20. The van der Waals surface area contributed by atoms with Crippen LogP contribution >= 0.6 is 11.6 Å². The van der Waals surface area contributed by atoms with Crippen molar-refractivity contribution < 1.29 is 4.79 Å². The maximum Gasteiger partial charge on any atom is 0.239 e. The first kappa shape index (κ1) is 13.4. The summed E-state index contributed by atoms with van der Waals surface area (Å²) in [5.74, 6) is 0.681. The molecule has 0 fully saturated rings. The fourth-order valence-electron chi connectivity index (χ4n) is 1.96. The maximum absolute atomic E-state index is 11.7. The third-order valence-electron chi connectivity index (χ3n) is 2.77. The van der Waals surface area contributed by atoms with E-state index in [2.05, 4.69) is 16.4 Å². The molecular weight excluding hydrogens is 264 g/mol. The summed E-state index contributed by atoms with van der Waals surface area (Å²) in [4.78, 5) is 16.1. The van der Waals surface area contributed by atoms with Gasteiger partial charge in [-0.15, -0.1) is 11.6 Å². The van der Waals surface area contributed by atoms with E-state index in [0.717, 1.165) is 5.52 Å². The minimum absolute atomic E-state index is 0.101. The number of alkyl halides is 1. The molecule has 0 saturated carbocycles. The van der Waals surface area contributed by atoms with E-state index >= 15 is 0 Å². The van der Waals surface area contributed by atoms with Gasteiger partial charge in [0.2, 0.25) is 5.91 Å². The Morgan fingerprint density at radius 3 is 3.00 bits per heavy atom. The lowest BCUT2D eigenvalue weighted by atomic mass is 10.2. The molecule has 0 atom stereocenters. The molecule has 6 heteroatoms. The number of imidazole rings is 1. The monoisotopic (exact) mass is 276 g/mol. The highest BCUT2D eigenvalue weighted by Gasteiger charge is 2.14. The summed E-state index contributed by atoms with van der Waals surface area (Å²) >= 11 is 5.86. The number of rotatable bonds is 4. The molecule has 1 heterocycles. The van der Waals surface area contributed by atoms with Gasteiger partial charge in [0.25, 0.3) is 0 Å². The van der Waals surface area contributed by atoms with Gasteiger partial charge < -0.3 is 9.88 Å². The zero-order chi connectivity index (χ0) is 13.8. The number of nitriles is 1. The van der Waals surface area contributed by atoms with E-state index in [9.17, 15) is 4.79 Å². The van der Waals surface area contributed by atoms with Gasteiger partial charge in [-0.2, -0.15) is 5.26 Å². The van der Waals surface area contributed by atoms with Gasteiger partial charge in [0.15, 0.2) is 0 Å². The highest BCUT2D eigenvalue weighted by molar-refractivity contribution is 6.17. The molecule has 2 aromatic rings. The van der Waals surface area contributed by atoms with Crippen LogP contribution in [-0.4, -0.2) is 22.0 Å². The number of nitrogens with one attached hydrogen (secondary N) is 1. The predicted molar refractivity (Wildman–Crippen MR) is 72.7 cm³/mol. The van der Waals surface area contributed by atoms with E-state index in [1.165, 1.54) is 0 Å². The number of halogens is 1. The highest BCUT2D eigenvalue weighted by atomic mass is 35.5. The van der Waals surface area contributed by atoms with Gasteiger partial charge in [-0.25, -0.2) is 4.98 Å². The van der Waals surface area contributed by atoms with Crippen LogP contribution in [0.4, 0.5) is 0 Å². The minimum Gasteiger partial charge on any atom is -0.355 e. The van der Waals surface area contributed by atoms with Crippen molar-refractivity contribution in [2.24, 2.45) is 0 Å². The van der Waals surface area contributed by atoms with Crippen molar-refractivity contribution in [3.05, 3.63) is 29.6 Å². The van der Waals surface area contributed by atoms with Crippen molar-refractivity contribution in [2.45, 2.75) is 19.3 Å². The van der Waals surface area contributed by atoms with Gasteiger partial charge in [0, 0.05) is 6.54 Å². The second-order valence-electron chi connectivity index (χ2n) is 3.99. The van der Waals surface area contributed by atoms with E-state index in [1.54, 1.807) is 16.7 Å². The van der Waals surface area contributed by atoms with Crippen molar-refractivity contribution >= 4 is 28.5 Å². The molecule has 0 bridgehead atoms. The van der Waals surface area contributed by atoms with E-state index in [1.807, 2.05) is 13.0 Å². The number of hydrogen-bond acceptors (Lipinski definition) is 3. The van der Waals surface area contributed by atoms with E-state index < -0.39 is 0 Å². The van der Waals surface area contributed by atoms with E-state index in [-0.39, 0.29) is 18.3 Å². The summed E-state index contributed by atoms with van der Waals surface area (Å²) in [6.07, 6.45) is 0. The molecular formula is C13H13ClN4O. The molecule has 1 aromatic carbocycles. The summed E-state index contributed by atoms with van der Waals surface area (Å²) in [5.41, 5.74) is 1.82. The standard InChI is InChI=1S/C13H13ClN4O/c1-2-16-12(19)8-18-10-5-3-4-9(7-15)13(10)17-11(18)6-14/h3-5H,2,6,8H2,1H3,(H,16,19). The van der Waals surface area contributed by atoms with Crippen LogP contribution in [0.1, 0.15) is 18.3 Å². The van der Waals surface area contributed by atoms with Gasteiger partial charge in [-0.1, -0.05) is 6.07 Å². The third kappa shape index (κ3) is 2.54. The number of carbonyl (C=O) groups excluding carboxylic acids is 1. The molecule has 0 aliphatic carbocycles. The van der Waals surface area contributed by atoms with Crippen LogP contribution in [0.5, 0.6) is 0 Å². The second kappa shape index (κ2) is 5.72. The smallest absolute Gasteiger partial charge is 0.239 e. The Bertz CT molecular complexity index is 656. The topological polar surface area (TPSA) is 70.7 Å². The molecule has 0 spiro atoms. The number of aromatic nitrogens is 2. The van der Waals surface area contributed by atoms with E-state index in [4.69, 9.17) is 16.9 Å². The summed E-state index contributed by atoms with van der Waals surface area (Å²) < 4.78 is 1.74. The largest absolute Gasteiger partial charge is 0.355 e. The van der Waals surface area contributed by atoms with Crippen LogP contribution in [0.2, 0.25) is 0 Å². The Hall–Kier alpha value is -2.06. The van der Waals surface area contributed by atoms with Crippen molar-refractivity contribution in [3.8, 4) is 6.07 Å². The zero-order valence-corrected chi connectivity index (χ0v) is 11.2. The molecule has 0 saturated heterocycles. The summed E-state index contributed by atoms with van der Waals surface area (Å²) in [6, 6.07) is 7.40. The number of carbonyl (C=O) groups is 1. The first-order chi connectivity index (χ1) is 9.21. The fraction of sp³-hybridized carbons (Fsp3) is 0.308. The first-order valence-corrected chi connectivity index (χ1v) is 6.45. The molecule has 0 radical (unpaired) electrons. The number of benzene rings is 1. The fourth-order valence-corrected chi connectivity index (χ4v) is 2.16. The lowest BCUT2D eigenvalue weighted by Gasteiger charge is -2.07. The number of para-hydroxylation sites is 1. The van der Waals surface area contributed by atoms with Crippen LogP contribution in [0, 0.1) is 11.3 Å². The molecule has 5 nitrogen and oxygen atoms in total. The maximum atomic E-state index is 11.7. The van der Waals surface area contributed by atoms with Crippen molar-refractivity contribution in [2.75, 3.05) is 6.54 Å². The Morgan fingerprint density at radius 1 is 1.58 bits per heavy atom. The minimum atomic E-state index is -0.101. The number of amides is 1. The van der Waals surface area contributed by atoms with Gasteiger partial charge in [0.1, 0.15) is 24.0 Å². The quantitative estimate of drug-likeness (QED) is 0.866. The summed E-state index contributed by atoms with van der Waals surface area (Å²) in [6.45, 7) is 2.59. The Morgan fingerprint density at radius 2 is 2.37 bits per heavy atom. The molecule has 0 unspecified atom stereocenters. The number of hydrogen-bond donors (Lipinski definition) is 1. The van der Waals surface area contributed by atoms with Crippen LogP contribution in [0.25, 0.3) is 11.0 Å². The van der Waals surface area contributed by atoms with Crippen LogP contribution < -0.4 is 5.32 Å². The lowest BCUT2D eigenvalue weighted by molar-refractivity contribution is -0.121. The number of fused-ring (bicyclic) bond motifs is 1.